The van der Waals surface area contributed by atoms with E-state index in [4.69, 9.17) is 4.74 Å². The zero-order valence-corrected chi connectivity index (χ0v) is 12.8. The van der Waals surface area contributed by atoms with Crippen LogP contribution in [-0.4, -0.2) is 22.2 Å². The maximum absolute atomic E-state index is 12.0. The molecule has 0 fully saturated rings. The fraction of sp³-hybridized carbons (Fsp3) is 0.286. The highest BCUT2D eigenvalue weighted by molar-refractivity contribution is 9.10. The lowest BCUT2D eigenvalue weighted by Crippen LogP contribution is -2.37. The number of nitrogens with one attached hydrogen (secondary N) is 2. The van der Waals surface area contributed by atoms with Gasteiger partial charge in [-0.1, -0.05) is 15.9 Å². The number of H-pyrrole nitrogens is 1. The van der Waals surface area contributed by atoms with E-state index in [9.17, 15) is 4.79 Å². The molecule has 2 atom stereocenters. The van der Waals surface area contributed by atoms with Crippen molar-refractivity contribution in [2.75, 3.05) is 0 Å². The average molecular weight is 338 g/mol. The molecule has 1 aromatic heterocycles. The largest absolute Gasteiger partial charge is 0.481 e. The quantitative estimate of drug-likeness (QED) is 0.881. The van der Waals surface area contributed by atoms with Gasteiger partial charge in [-0.2, -0.15) is 5.10 Å². The molecule has 0 aliphatic heterocycles. The summed E-state index contributed by atoms with van der Waals surface area (Å²) in [4.78, 5) is 12.0. The number of halogens is 1. The van der Waals surface area contributed by atoms with Gasteiger partial charge in [-0.05, 0) is 38.1 Å². The lowest BCUT2D eigenvalue weighted by atomic mass is 10.2. The van der Waals surface area contributed by atoms with Crippen LogP contribution >= 0.6 is 15.9 Å². The molecule has 1 aromatic carbocycles. The van der Waals surface area contributed by atoms with Crippen LogP contribution in [0.15, 0.2) is 41.1 Å². The fourth-order valence-electron chi connectivity index (χ4n) is 1.68. The smallest absolute Gasteiger partial charge is 0.261 e. The summed E-state index contributed by atoms with van der Waals surface area (Å²) < 4.78 is 6.56. The van der Waals surface area contributed by atoms with E-state index in [0.29, 0.717) is 5.75 Å². The lowest BCUT2D eigenvalue weighted by Gasteiger charge is -2.18. The predicted molar refractivity (Wildman–Crippen MR) is 79.4 cm³/mol. The number of hydrogen-bond acceptors (Lipinski definition) is 3. The molecule has 2 aromatic rings. The third-order valence-corrected chi connectivity index (χ3v) is 3.40. The SMILES string of the molecule is CC(Oc1ccc(Br)cc1)C(=O)NC(C)c1cn[nH]c1. The minimum absolute atomic E-state index is 0.114. The molecule has 0 aliphatic rings. The van der Waals surface area contributed by atoms with E-state index >= 15 is 0 Å². The van der Waals surface area contributed by atoms with Gasteiger partial charge in [-0.3, -0.25) is 9.89 Å². The number of aromatic amines is 1. The predicted octanol–water partition coefficient (Wildman–Crippen LogP) is 2.82. The average Bonchev–Trinajstić information content (AvgIpc) is 2.95. The number of carbonyl (C=O) groups excluding carboxylic acids is 1. The molecule has 2 rings (SSSR count). The van der Waals surface area contributed by atoms with Crippen LogP contribution in [0.4, 0.5) is 0 Å². The van der Waals surface area contributed by atoms with Gasteiger partial charge in [0.15, 0.2) is 6.10 Å². The fourth-order valence-corrected chi connectivity index (χ4v) is 1.95. The number of hydrogen-bond donors (Lipinski definition) is 2. The second-order valence-corrected chi connectivity index (χ2v) is 5.39. The van der Waals surface area contributed by atoms with Crippen LogP contribution in [0.2, 0.25) is 0 Å². The minimum Gasteiger partial charge on any atom is -0.481 e. The number of aromatic nitrogens is 2. The second kappa shape index (κ2) is 6.56. The summed E-state index contributed by atoms with van der Waals surface area (Å²) in [5, 5.41) is 9.46. The maximum Gasteiger partial charge on any atom is 0.261 e. The topological polar surface area (TPSA) is 67.0 Å². The van der Waals surface area contributed by atoms with Crippen LogP contribution in [-0.2, 0) is 4.79 Å². The van der Waals surface area contributed by atoms with E-state index in [-0.39, 0.29) is 11.9 Å². The Morgan fingerprint density at radius 1 is 1.35 bits per heavy atom. The molecule has 0 aliphatic carbocycles. The van der Waals surface area contributed by atoms with E-state index in [0.717, 1.165) is 10.0 Å². The Labute approximate surface area is 125 Å². The van der Waals surface area contributed by atoms with Crippen molar-refractivity contribution < 1.29 is 9.53 Å². The van der Waals surface area contributed by atoms with Crippen LogP contribution in [0.5, 0.6) is 5.75 Å². The molecule has 0 bridgehead atoms. The van der Waals surface area contributed by atoms with Crippen LogP contribution in [0.1, 0.15) is 25.5 Å². The molecule has 5 nitrogen and oxygen atoms in total. The summed E-state index contributed by atoms with van der Waals surface area (Å²) in [6, 6.07) is 7.25. The molecule has 2 unspecified atom stereocenters. The summed E-state index contributed by atoms with van der Waals surface area (Å²) in [5.74, 6) is 0.494. The van der Waals surface area contributed by atoms with Gasteiger partial charge in [0.05, 0.1) is 12.2 Å². The Hall–Kier alpha value is -1.82. The molecule has 0 saturated carbocycles. The van der Waals surface area contributed by atoms with Crippen LogP contribution in [0, 0.1) is 0 Å². The molecule has 0 spiro atoms. The first-order valence-corrected chi connectivity index (χ1v) is 7.07. The molecule has 20 heavy (non-hydrogen) atoms. The summed E-state index contributed by atoms with van der Waals surface area (Å²) >= 11 is 3.35. The lowest BCUT2D eigenvalue weighted by molar-refractivity contribution is -0.127. The molecule has 1 amide bonds. The Morgan fingerprint density at radius 2 is 2.05 bits per heavy atom. The molecule has 0 radical (unpaired) electrons. The third-order valence-electron chi connectivity index (χ3n) is 2.87. The molecular weight excluding hydrogens is 322 g/mol. The van der Waals surface area contributed by atoms with Crippen molar-refractivity contribution in [3.63, 3.8) is 0 Å². The van der Waals surface area contributed by atoms with Crippen molar-refractivity contribution in [1.29, 1.82) is 0 Å². The summed E-state index contributed by atoms with van der Waals surface area (Å²) in [7, 11) is 0. The number of rotatable bonds is 5. The molecular formula is C14H16BrN3O2. The third kappa shape index (κ3) is 3.84. The number of nitrogens with zero attached hydrogens (tertiary/aromatic N) is 1. The van der Waals surface area contributed by atoms with Crippen LogP contribution in [0.3, 0.4) is 0 Å². The molecule has 106 valence electrons. The zero-order chi connectivity index (χ0) is 14.5. The van der Waals surface area contributed by atoms with Crippen LogP contribution in [0.25, 0.3) is 0 Å². The number of benzene rings is 1. The molecule has 0 saturated heterocycles. The number of amides is 1. The van der Waals surface area contributed by atoms with Crippen LogP contribution < -0.4 is 10.1 Å². The van der Waals surface area contributed by atoms with Crippen molar-refractivity contribution in [2.24, 2.45) is 0 Å². The van der Waals surface area contributed by atoms with Crippen molar-refractivity contribution in [1.82, 2.24) is 15.5 Å². The van der Waals surface area contributed by atoms with E-state index in [1.165, 1.54) is 0 Å². The molecule has 2 N–H and O–H groups in total. The Bertz CT molecular complexity index is 554. The van der Waals surface area contributed by atoms with E-state index in [2.05, 4.69) is 31.4 Å². The molecule has 1 heterocycles. The standard InChI is InChI=1S/C14H16BrN3O2/c1-9(11-7-16-17-8-11)18-14(19)10(2)20-13-5-3-12(15)4-6-13/h3-10H,1-2H3,(H,16,17)(H,18,19). The van der Waals surface area contributed by atoms with Crippen molar-refractivity contribution >= 4 is 21.8 Å². The van der Waals surface area contributed by atoms with Gasteiger partial charge >= 0.3 is 0 Å². The van der Waals surface area contributed by atoms with Gasteiger partial charge in [0.25, 0.3) is 5.91 Å². The highest BCUT2D eigenvalue weighted by Crippen LogP contribution is 2.17. The molecule has 6 heteroatoms. The first kappa shape index (κ1) is 14.6. The van der Waals surface area contributed by atoms with Gasteiger partial charge in [0, 0.05) is 16.2 Å². The first-order valence-electron chi connectivity index (χ1n) is 6.27. The Balaban J connectivity index is 1.90. The van der Waals surface area contributed by atoms with E-state index in [1.54, 1.807) is 19.3 Å². The summed E-state index contributed by atoms with van der Waals surface area (Å²) in [6.07, 6.45) is 2.88. The van der Waals surface area contributed by atoms with Gasteiger partial charge in [-0.15, -0.1) is 0 Å². The van der Waals surface area contributed by atoms with Crippen molar-refractivity contribution in [3.8, 4) is 5.75 Å². The normalized spacial score (nSPS) is 13.6. The summed E-state index contributed by atoms with van der Waals surface area (Å²) in [6.45, 7) is 3.62. The second-order valence-electron chi connectivity index (χ2n) is 4.48. The highest BCUT2D eigenvalue weighted by atomic mass is 79.9. The van der Waals surface area contributed by atoms with E-state index < -0.39 is 6.10 Å². The first-order chi connectivity index (χ1) is 9.56. The van der Waals surface area contributed by atoms with Gasteiger partial charge < -0.3 is 10.1 Å². The van der Waals surface area contributed by atoms with Crippen molar-refractivity contribution in [3.05, 3.63) is 46.7 Å². The number of ether oxygens (including phenoxy) is 1. The Morgan fingerprint density at radius 3 is 2.65 bits per heavy atom. The monoisotopic (exact) mass is 337 g/mol. The minimum atomic E-state index is -0.564. The maximum atomic E-state index is 12.0. The zero-order valence-electron chi connectivity index (χ0n) is 11.3. The van der Waals surface area contributed by atoms with Gasteiger partial charge in [0.2, 0.25) is 0 Å². The highest BCUT2D eigenvalue weighted by Gasteiger charge is 2.18. The Kier molecular flexibility index (Phi) is 4.79. The van der Waals surface area contributed by atoms with Gasteiger partial charge in [-0.25, -0.2) is 0 Å². The van der Waals surface area contributed by atoms with Gasteiger partial charge in [0.1, 0.15) is 5.75 Å². The summed E-state index contributed by atoms with van der Waals surface area (Å²) in [5.41, 5.74) is 0.925. The number of carbonyl (C=O) groups is 1. The van der Waals surface area contributed by atoms with E-state index in [1.807, 2.05) is 31.2 Å². The van der Waals surface area contributed by atoms with Crippen molar-refractivity contribution in [2.45, 2.75) is 26.0 Å².